The lowest BCUT2D eigenvalue weighted by molar-refractivity contribution is 0.294. The Morgan fingerprint density at radius 3 is 2.54 bits per heavy atom. The molecule has 1 fully saturated rings. The molecule has 1 saturated heterocycles. The largest absolute Gasteiger partial charge is 0.370 e. The zero-order valence-electron chi connectivity index (χ0n) is 17.2. The van der Waals surface area contributed by atoms with Crippen LogP contribution in [0.3, 0.4) is 0 Å². The van der Waals surface area contributed by atoms with Crippen molar-refractivity contribution in [3.05, 3.63) is 30.3 Å². The second kappa shape index (κ2) is 7.56. The first kappa shape index (κ1) is 19.5. The van der Waals surface area contributed by atoms with E-state index in [1.165, 1.54) is 12.1 Å². The molecule has 2 aliphatic heterocycles. The van der Waals surface area contributed by atoms with Gasteiger partial charge in [0.2, 0.25) is 0 Å². The maximum atomic E-state index is 13.2. The maximum absolute atomic E-state index is 13.2. The van der Waals surface area contributed by atoms with Crippen molar-refractivity contribution >= 4 is 32.2 Å². The smallest absolute Gasteiger partial charge is 0.265 e. The summed E-state index contributed by atoms with van der Waals surface area (Å²) in [6, 6.07) is 9.88. The third-order valence-corrected chi connectivity index (χ3v) is 7.62. The Balaban J connectivity index is 1.76. The Labute approximate surface area is 169 Å². The molecule has 0 bridgehead atoms. The fourth-order valence-corrected chi connectivity index (χ4v) is 6.43. The lowest BCUT2D eigenvalue weighted by Gasteiger charge is -2.26. The zero-order chi connectivity index (χ0) is 19.9. The van der Waals surface area contributed by atoms with Gasteiger partial charge in [0.25, 0.3) is 10.0 Å². The molecule has 5 nitrogen and oxygen atoms in total. The third-order valence-electron chi connectivity index (χ3n) is 5.79. The van der Waals surface area contributed by atoms with Crippen LogP contribution >= 0.6 is 0 Å². The molecular weight excluding hydrogens is 370 g/mol. The molecule has 2 aromatic carbocycles. The highest BCUT2D eigenvalue weighted by Gasteiger charge is 2.36. The average Bonchev–Trinajstić information content (AvgIpc) is 2.82. The van der Waals surface area contributed by atoms with E-state index in [0.717, 1.165) is 55.6 Å². The average molecular weight is 402 g/mol. The van der Waals surface area contributed by atoms with E-state index in [-0.39, 0.29) is 5.92 Å². The van der Waals surface area contributed by atoms with Crippen LogP contribution < -0.4 is 9.21 Å². The van der Waals surface area contributed by atoms with Crippen LogP contribution in [0.5, 0.6) is 0 Å². The van der Waals surface area contributed by atoms with Crippen molar-refractivity contribution in [1.29, 1.82) is 0 Å². The summed E-state index contributed by atoms with van der Waals surface area (Å²) in [4.78, 5) is 5.44. The lowest BCUT2D eigenvalue weighted by atomic mass is 10.0. The second-order valence-electron chi connectivity index (χ2n) is 8.39. The molecule has 0 amide bonds. The summed E-state index contributed by atoms with van der Waals surface area (Å²) in [6.07, 6.45) is 2.32. The molecule has 2 heterocycles. The second-order valence-corrected chi connectivity index (χ2v) is 10.2. The molecule has 0 radical (unpaired) electrons. The lowest BCUT2D eigenvalue weighted by Crippen LogP contribution is -2.31. The predicted molar refractivity (Wildman–Crippen MR) is 117 cm³/mol. The fourth-order valence-electron chi connectivity index (χ4n) is 4.57. The van der Waals surface area contributed by atoms with Crippen molar-refractivity contribution in [2.75, 3.05) is 48.5 Å². The van der Waals surface area contributed by atoms with Gasteiger partial charge in [0, 0.05) is 42.6 Å². The van der Waals surface area contributed by atoms with Crippen molar-refractivity contribution in [3.63, 3.8) is 0 Å². The van der Waals surface area contributed by atoms with E-state index in [0.29, 0.717) is 11.4 Å². The number of anilines is 2. The third kappa shape index (κ3) is 3.26. The van der Waals surface area contributed by atoms with E-state index >= 15 is 0 Å². The maximum Gasteiger partial charge on any atom is 0.265 e. The molecule has 152 valence electrons. The minimum absolute atomic E-state index is 0.272. The van der Waals surface area contributed by atoms with Crippen molar-refractivity contribution in [2.45, 2.75) is 38.5 Å². The van der Waals surface area contributed by atoms with Crippen molar-refractivity contribution in [2.24, 2.45) is 5.92 Å². The van der Waals surface area contributed by atoms with Crippen LogP contribution in [0.25, 0.3) is 10.8 Å². The molecule has 0 unspecified atom stereocenters. The molecule has 6 heteroatoms. The number of sulfonamides is 1. The molecule has 28 heavy (non-hydrogen) atoms. The van der Waals surface area contributed by atoms with Crippen LogP contribution in [0.15, 0.2) is 35.2 Å². The van der Waals surface area contributed by atoms with Crippen LogP contribution in [-0.2, 0) is 10.0 Å². The Hall–Kier alpha value is -1.79. The van der Waals surface area contributed by atoms with Gasteiger partial charge in [0.05, 0.1) is 10.6 Å². The van der Waals surface area contributed by atoms with Gasteiger partial charge in [0.1, 0.15) is 0 Å². The Morgan fingerprint density at radius 2 is 1.79 bits per heavy atom. The van der Waals surface area contributed by atoms with E-state index in [1.54, 1.807) is 10.4 Å². The number of hydrogen-bond acceptors (Lipinski definition) is 4. The quantitative estimate of drug-likeness (QED) is 0.762. The van der Waals surface area contributed by atoms with E-state index in [2.05, 4.69) is 42.7 Å². The highest BCUT2D eigenvalue weighted by atomic mass is 32.2. The first-order chi connectivity index (χ1) is 13.4. The summed E-state index contributed by atoms with van der Waals surface area (Å²) >= 11 is 0. The van der Waals surface area contributed by atoms with Gasteiger partial charge < -0.3 is 9.80 Å². The number of benzene rings is 2. The van der Waals surface area contributed by atoms with Crippen LogP contribution in [-0.4, -0.2) is 52.6 Å². The van der Waals surface area contributed by atoms with Gasteiger partial charge in [-0.2, -0.15) is 0 Å². The molecule has 4 rings (SSSR count). The van der Waals surface area contributed by atoms with Gasteiger partial charge in [-0.1, -0.05) is 32.9 Å². The minimum atomic E-state index is -3.46. The number of rotatable bonds is 5. The number of nitrogens with zero attached hydrogens (tertiary/aromatic N) is 3. The normalized spacial score (nSPS) is 19.6. The molecule has 0 atom stereocenters. The summed E-state index contributed by atoms with van der Waals surface area (Å²) in [6.45, 7) is 12.2. The molecular formula is C22H31N3O2S. The Morgan fingerprint density at radius 1 is 1.00 bits per heavy atom. The summed E-state index contributed by atoms with van der Waals surface area (Å²) in [5.74, 6) is 0.272. The van der Waals surface area contributed by atoms with E-state index in [1.807, 2.05) is 12.1 Å². The molecule has 0 spiro atoms. The zero-order valence-corrected chi connectivity index (χ0v) is 18.0. The minimum Gasteiger partial charge on any atom is -0.370 e. The first-order valence-corrected chi connectivity index (χ1v) is 11.9. The summed E-state index contributed by atoms with van der Waals surface area (Å²) in [7, 11) is -3.46. The molecule has 2 aromatic rings. The van der Waals surface area contributed by atoms with Crippen LogP contribution in [0, 0.1) is 5.92 Å². The van der Waals surface area contributed by atoms with E-state index in [9.17, 15) is 8.42 Å². The molecule has 0 saturated carbocycles. The van der Waals surface area contributed by atoms with Crippen LogP contribution in [0.2, 0.25) is 0 Å². The Kier molecular flexibility index (Phi) is 5.27. The van der Waals surface area contributed by atoms with Crippen molar-refractivity contribution < 1.29 is 8.42 Å². The molecule has 2 aliphatic rings. The Bertz CT molecular complexity index is 971. The highest BCUT2D eigenvalue weighted by molar-refractivity contribution is 7.93. The number of hydrogen-bond donors (Lipinski definition) is 0. The molecule has 0 aliphatic carbocycles. The van der Waals surface area contributed by atoms with Gasteiger partial charge >= 0.3 is 0 Å². The SMILES string of the molecule is CCCN1CCCN(c2ccc3c4c(cccc24)S(=O)(=O)N3CC(C)C)CC1. The monoisotopic (exact) mass is 401 g/mol. The van der Waals surface area contributed by atoms with E-state index in [4.69, 9.17) is 0 Å². The standard InChI is InChI=1S/C22H31N3O2S/c1-4-11-23-12-6-13-24(15-14-23)19-9-10-20-22-18(19)7-5-8-21(22)28(26,27)25(20)16-17(2)3/h5,7-10,17H,4,6,11-16H2,1-3H3. The van der Waals surface area contributed by atoms with Crippen LogP contribution in [0.4, 0.5) is 11.4 Å². The van der Waals surface area contributed by atoms with Gasteiger partial charge in [0.15, 0.2) is 0 Å². The predicted octanol–water partition coefficient (Wildman–Crippen LogP) is 3.93. The first-order valence-electron chi connectivity index (χ1n) is 10.5. The van der Waals surface area contributed by atoms with Crippen LogP contribution in [0.1, 0.15) is 33.6 Å². The summed E-state index contributed by atoms with van der Waals surface area (Å²) < 4.78 is 27.9. The van der Waals surface area contributed by atoms with Gasteiger partial charge in [-0.15, -0.1) is 0 Å². The summed E-state index contributed by atoms with van der Waals surface area (Å²) in [5, 5.41) is 1.96. The topological polar surface area (TPSA) is 43.9 Å². The van der Waals surface area contributed by atoms with Crippen molar-refractivity contribution in [1.82, 2.24) is 4.90 Å². The summed E-state index contributed by atoms with van der Waals surface area (Å²) in [5.41, 5.74) is 2.01. The van der Waals surface area contributed by atoms with E-state index < -0.39 is 10.0 Å². The fraction of sp³-hybridized carbons (Fsp3) is 0.545. The van der Waals surface area contributed by atoms with Crippen molar-refractivity contribution in [3.8, 4) is 0 Å². The van der Waals surface area contributed by atoms with Gasteiger partial charge in [-0.05, 0) is 50.0 Å². The molecule has 0 aromatic heterocycles. The highest BCUT2D eigenvalue weighted by Crippen LogP contribution is 2.45. The molecule has 0 N–H and O–H groups in total. The van der Waals surface area contributed by atoms with Gasteiger partial charge in [-0.25, -0.2) is 8.42 Å². The van der Waals surface area contributed by atoms with Gasteiger partial charge in [-0.3, -0.25) is 4.31 Å².